The number of hydrogen-bond acceptors (Lipinski definition) is 4. The van der Waals surface area contributed by atoms with Gasteiger partial charge in [-0.05, 0) is 12.8 Å². The zero-order chi connectivity index (χ0) is 19.2. The fourth-order valence-corrected chi connectivity index (χ4v) is 2.53. The Morgan fingerprint density at radius 3 is 2.40 bits per heavy atom. The van der Waals surface area contributed by atoms with E-state index in [1.54, 1.807) is 20.8 Å². The van der Waals surface area contributed by atoms with Crippen LogP contribution in [0, 0.1) is 23.4 Å². The molecule has 0 aliphatic heterocycles. The second-order valence-corrected chi connectivity index (χ2v) is 6.16. The van der Waals surface area contributed by atoms with Gasteiger partial charge >= 0.3 is 0 Å². The lowest BCUT2D eigenvalue weighted by Crippen LogP contribution is -2.24. The van der Waals surface area contributed by atoms with Gasteiger partial charge in [-0.3, -0.25) is 0 Å². The van der Waals surface area contributed by atoms with Crippen molar-refractivity contribution >= 4 is 23.2 Å². The maximum atomic E-state index is 14.4. The maximum Gasteiger partial charge on any atom is 0.255 e. The van der Waals surface area contributed by atoms with E-state index in [-0.39, 0.29) is 28.2 Å². The summed E-state index contributed by atoms with van der Waals surface area (Å²) in [6.07, 6.45) is 1.20. The topological polar surface area (TPSA) is 55.1 Å². The molecule has 1 atom stereocenters. The average molecular weight is 371 g/mol. The molecule has 0 fully saturated rings. The van der Waals surface area contributed by atoms with Crippen molar-refractivity contribution in [3.63, 3.8) is 0 Å². The van der Waals surface area contributed by atoms with Gasteiger partial charge in [-0.2, -0.15) is 19.6 Å². The van der Waals surface area contributed by atoms with Crippen LogP contribution in [0.5, 0.6) is 0 Å². The zero-order valence-electron chi connectivity index (χ0n) is 14.6. The summed E-state index contributed by atoms with van der Waals surface area (Å²) >= 11 is 6.17. The van der Waals surface area contributed by atoms with Crippen LogP contribution in [0.25, 0.3) is 16.9 Å². The molecule has 3 rings (SSSR count). The Morgan fingerprint density at radius 1 is 1.16 bits per heavy atom. The lowest BCUT2D eigenvalue weighted by molar-refractivity contribution is 0.546. The molecule has 0 saturated heterocycles. The van der Waals surface area contributed by atoms with Crippen molar-refractivity contribution < 1.29 is 14.5 Å². The molecule has 0 saturated carbocycles. The summed E-state index contributed by atoms with van der Waals surface area (Å²) in [7, 11) is 0. The molecule has 1 N–H and O–H groups in total. The van der Waals surface area contributed by atoms with Crippen LogP contribution in [0.2, 0.25) is 5.15 Å². The molecule has 1 unspecified atom stereocenters. The van der Waals surface area contributed by atoms with E-state index in [1.165, 1.54) is 10.8 Å². The van der Waals surface area contributed by atoms with E-state index in [1.807, 2.05) is 0 Å². The van der Waals surface area contributed by atoms with Gasteiger partial charge in [0.15, 0.2) is 0 Å². The molecule has 0 bridgehead atoms. The smallest absolute Gasteiger partial charge is 0.255 e. The van der Waals surface area contributed by atoms with Crippen molar-refractivity contribution in [2.45, 2.75) is 26.8 Å². The lowest BCUT2D eigenvalue weighted by atomic mass is 10.0. The molecular formula is C16H15ClF3N5. The van der Waals surface area contributed by atoms with Crippen LogP contribution in [0.4, 0.5) is 19.0 Å². The van der Waals surface area contributed by atoms with E-state index in [2.05, 4.69) is 20.4 Å². The summed E-state index contributed by atoms with van der Waals surface area (Å²) in [4.78, 5) is 7.90. The van der Waals surface area contributed by atoms with Gasteiger partial charge in [0.05, 0.1) is 12.5 Å². The normalized spacial score (nSPS) is 14.6. The Labute approximate surface area is 148 Å². The SMILES string of the molecule is [2H]C(C)(Nc1c(-c2c(F)cc(F)cc2F)c(Cl)nc2ncnn12)C(C)C. The van der Waals surface area contributed by atoms with Crippen LogP contribution in [-0.2, 0) is 0 Å². The molecular weight excluding hydrogens is 355 g/mol. The minimum Gasteiger partial charge on any atom is -0.367 e. The monoisotopic (exact) mass is 370 g/mol. The molecule has 0 amide bonds. The highest BCUT2D eigenvalue weighted by molar-refractivity contribution is 6.33. The molecule has 1 aromatic carbocycles. The molecule has 5 nitrogen and oxygen atoms in total. The van der Waals surface area contributed by atoms with Gasteiger partial charge in [-0.25, -0.2) is 13.2 Å². The van der Waals surface area contributed by atoms with Crippen LogP contribution in [0.1, 0.15) is 22.1 Å². The van der Waals surface area contributed by atoms with Crippen molar-refractivity contribution in [3.8, 4) is 11.1 Å². The van der Waals surface area contributed by atoms with Crippen molar-refractivity contribution in [1.82, 2.24) is 19.6 Å². The largest absolute Gasteiger partial charge is 0.367 e. The van der Waals surface area contributed by atoms with E-state index in [9.17, 15) is 13.2 Å². The van der Waals surface area contributed by atoms with Gasteiger partial charge in [0, 0.05) is 18.2 Å². The van der Waals surface area contributed by atoms with Crippen molar-refractivity contribution in [2.75, 3.05) is 5.32 Å². The number of rotatable bonds is 4. The highest BCUT2D eigenvalue weighted by atomic mass is 35.5. The van der Waals surface area contributed by atoms with E-state index in [4.69, 9.17) is 13.0 Å². The molecule has 0 aliphatic rings. The molecule has 25 heavy (non-hydrogen) atoms. The number of hydrogen-bond donors (Lipinski definition) is 1. The minimum atomic E-state index is -1.23. The summed E-state index contributed by atoms with van der Waals surface area (Å²) in [5.74, 6) is -3.41. The van der Waals surface area contributed by atoms with E-state index < -0.39 is 29.0 Å². The summed E-state index contributed by atoms with van der Waals surface area (Å²) < 4.78 is 51.7. The van der Waals surface area contributed by atoms with E-state index in [0.717, 1.165) is 0 Å². The number of anilines is 1. The van der Waals surface area contributed by atoms with Gasteiger partial charge < -0.3 is 5.32 Å². The van der Waals surface area contributed by atoms with Crippen LogP contribution < -0.4 is 5.32 Å². The third-order valence-electron chi connectivity index (χ3n) is 3.82. The van der Waals surface area contributed by atoms with Gasteiger partial charge in [-0.15, -0.1) is 0 Å². The summed E-state index contributed by atoms with van der Waals surface area (Å²) in [5, 5.41) is 6.63. The van der Waals surface area contributed by atoms with Crippen LogP contribution in [-0.4, -0.2) is 25.6 Å². The Morgan fingerprint density at radius 2 is 1.80 bits per heavy atom. The number of benzene rings is 1. The number of nitrogens with one attached hydrogen (secondary N) is 1. The first-order chi connectivity index (χ1) is 12.1. The first kappa shape index (κ1) is 16.1. The number of nitrogens with zero attached hydrogens (tertiary/aromatic N) is 4. The van der Waals surface area contributed by atoms with Crippen LogP contribution in [0.15, 0.2) is 18.5 Å². The fourth-order valence-electron chi connectivity index (χ4n) is 2.27. The standard InChI is InChI=1S/C16H15ClF3N5/c1-7(2)8(3)23-15-13(12-10(19)4-9(18)5-11(12)20)14(17)24-16-21-6-22-25(15)16/h4-8,23H,1-3H3/i8D. The van der Waals surface area contributed by atoms with Gasteiger partial charge in [0.2, 0.25) is 0 Å². The van der Waals surface area contributed by atoms with E-state index >= 15 is 0 Å². The summed E-state index contributed by atoms with van der Waals surface area (Å²) in [6, 6.07) is -0.135. The van der Waals surface area contributed by atoms with Crippen LogP contribution in [0.3, 0.4) is 0 Å². The molecule has 132 valence electrons. The molecule has 3 aromatic rings. The molecule has 2 aromatic heterocycles. The lowest BCUT2D eigenvalue weighted by Gasteiger charge is -2.22. The Balaban J connectivity index is 2.36. The first-order valence-electron chi connectivity index (χ1n) is 7.94. The summed E-state index contributed by atoms with van der Waals surface area (Å²) in [5.41, 5.74) is -0.734. The maximum absolute atomic E-state index is 14.4. The number of aromatic nitrogens is 4. The third-order valence-corrected chi connectivity index (χ3v) is 4.09. The molecule has 2 heterocycles. The fraction of sp³-hybridized carbons (Fsp3) is 0.312. The highest BCUT2D eigenvalue weighted by Gasteiger charge is 2.25. The Kier molecular flexibility index (Phi) is 4.20. The van der Waals surface area contributed by atoms with Crippen LogP contribution >= 0.6 is 11.6 Å². The zero-order valence-corrected chi connectivity index (χ0v) is 14.4. The first-order valence-corrected chi connectivity index (χ1v) is 7.82. The number of halogens is 4. The predicted molar refractivity (Wildman–Crippen MR) is 89.0 cm³/mol. The van der Waals surface area contributed by atoms with Gasteiger partial charge in [0.25, 0.3) is 5.78 Å². The van der Waals surface area contributed by atoms with Gasteiger partial charge in [0.1, 0.15) is 34.7 Å². The summed E-state index contributed by atoms with van der Waals surface area (Å²) in [6.45, 7) is 5.20. The van der Waals surface area contributed by atoms with Gasteiger partial charge in [-0.1, -0.05) is 25.4 Å². The second-order valence-electron chi connectivity index (χ2n) is 5.81. The minimum absolute atomic E-state index is 0.0353. The predicted octanol–water partition coefficient (Wildman–Crippen LogP) is 4.32. The quantitative estimate of drug-likeness (QED) is 0.695. The van der Waals surface area contributed by atoms with Crippen molar-refractivity contribution in [3.05, 3.63) is 41.1 Å². The molecule has 0 spiro atoms. The number of fused-ring (bicyclic) bond motifs is 1. The van der Waals surface area contributed by atoms with E-state index in [0.29, 0.717) is 12.1 Å². The van der Waals surface area contributed by atoms with Crippen molar-refractivity contribution in [1.29, 1.82) is 0 Å². The molecule has 0 radical (unpaired) electrons. The molecule has 0 aliphatic carbocycles. The second kappa shape index (κ2) is 6.51. The van der Waals surface area contributed by atoms with Crippen molar-refractivity contribution in [2.24, 2.45) is 5.92 Å². The Hall–Kier alpha value is -2.35. The Bertz CT molecular complexity index is 966. The molecule has 9 heteroatoms. The average Bonchev–Trinajstić information content (AvgIpc) is 2.96. The highest BCUT2D eigenvalue weighted by Crippen LogP contribution is 2.38. The third kappa shape index (κ3) is 3.13.